The van der Waals surface area contributed by atoms with E-state index in [2.05, 4.69) is 6.92 Å². The van der Waals surface area contributed by atoms with E-state index in [-0.39, 0.29) is 32.7 Å². The van der Waals surface area contributed by atoms with Gasteiger partial charge in [-0.05, 0) is 12.8 Å². The molecule has 0 fully saturated rings. The number of hydrogen-bond acceptors (Lipinski definition) is 7. The van der Waals surface area contributed by atoms with Crippen LogP contribution in [-0.4, -0.2) is 81.9 Å². The van der Waals surface area contributed by atoms with Crippen LogP contribution < -0.4 is 0 Å². The molecule has 0 saturated carbocycles. The molecule has 0 aliphatic carbocycles. The fourth-order valence-corrected chi connectivity index (χ4v) is 4.69. The maximum Gasteiger partial charge on any atom is 0.472 e. The quantitative estimate of drug-likeness (QED) is 0.0346. The molecule has 39 heavy (non-hydrogen) atoms. The smallest absolute Gasteiger partial charge is 0.457 e. The van der Waals surface area contributed by atoms with Crippen LogP contribution in [0.1, 0.15) is 116 Å². The number of likely N-dealkylation sites (N-methyl/N-ethyl adjacent to an activating group) is 1. The third-order valence-corrected chi connectivity index (χ3v) is 7.37. The number of hydrogen-bond donors (Lipinski definition) is 1. The molecule has 9 nitrogen and oxygen atoms in total. The average Bonchev–Trinajstić information content (AvgIpc) is 2.86. The molecule has 0 amide bonds. The van der Waals surface area contributed by atoms with Crippen molar-refractivity contribution in [3.05, 3.63) is 0 Å². The van der Waals surface area contributed by atoms with E-state index >= 15 is 0 Å². The molecule has 2 atom stereocenters. The number of nitrogens with zero attached hydrogens (tertiary/aromatic N) is 1. The molecule has 232 valence electrons. The second kappa shape index (κ2) is 24.9. The van der Waals surface area contributed by atoms with Crippen LogP contribution in [0, 0.1) is 0 Å². The van der Waals surface area contributed by atoms with Crippen molar-refractivity contribution in [1.82, 2.24) is 0 Å². The molecular weight excluding hydrogens is 521 g/mol. The minimum Gasteiger partial charge on any atom is -0.457 e. The van der Waals surface area contributed by atoms with Gasteiger partial charge in [0.15, 0.2) is 0 Å². The van der Waals surface area contributed by atoms with Gasteiger partial charge in [-0.2, -0.15) is 0 Å². The molecule has 0 saturated heterocycles. The molecule has 0 bridgehead atoms. The Balaban J connectivity index is 4.10. The number of ether oxygens (including phenoxy) is 2. The zero-order valence-electron chi connectivity index (χ0n) is 25.4. The zero-order chi connectivity index (χ0) is 29.2. The highest BCUT2D eigenvalue weighted by Crippen LogP contribution is 2.43. The Morgan fingerprint density at radius 1 is 0.795 bits per heavy atom. The van der Waals surface area contributed by atoms with Crippen molar-refractivity contribution in [2.45, 2.75) is 122 Å². The largest absolute Gasteiger partial charge is 0.472 e. The maximum atomic E-state index is 12.2. The summed E-state index contributed by atoms with van der Waals surface area (Å²) in [5, 5.41) is 0. The number of aldehydes is 1. The topological polar surface area (TPSA) is 108 Å². The molecule has 10 heteroatoms. The molecule has 0 aromatic rings. The molecule has 1 N–H and O–H groups in total. The van der Waals surface area contributed by atoms with Gasteiger partial charge in [0.25, 0.3) is 0 Å². The summed E-state index contributed by atoms with van der Waals surface area (Å²) in [7, 11) is 1.56. The first-order valence-electron chi connectivity index (χ1n) is 15.2. The van der Waals surface area contributed by atoms with Gasteiger partial charge < -0.3 is 23.6 Å². The molecule has 0 aliphatic rings. The monoisotopic (exact) mass is 580 g/mol. The normalized spacial score (nSPS) is 14.2. The van der Waals surface area contributed by atoms with E-state index in [1.54, 1.807) is 0 Å². The number of carbonyl (C=O) groups is 2. The van der Waals surface area contributed by atoms with E-state index in [4.69, 9.17) is 18.5 Å². The summed E-state index contributed by atoms with van der Waals surface area (Å²) in [5.74, 6) is -0.496. The van der Waals surface area contributed by atoms with Gasteiger partial charge in [0.2, 0.25) is 0 Å². The SMILES string of the molecule is CCCCCCCCCCCCCCCCOCC(COP(=O)(O)OCC[N+](C)(C)C)OC(=O)CCCC=O. The number of phosphoric ester groups is 1. The fraction of sp³-hybridized carbons (Fsp3) is 0.931. The van der Waals surface area contributed by atoms with E-state index < -0.39 is 19.9 Å². The molecule has 0 aliphatic heterocycles. The van der Waals surface area contributed by atoms with Gasteiger partial charge in [0, 0.05) is 19.4 Å². The summed E-state index contributed by atoms with van der Waals surface area (Å²) >= 11 is 0. The second-order valence-electron chi connectivity index (χ2n) is 11.5. The Bertz CT molecular complexity index is 641. The first kappa shape index (κ1) is 38.2. The first-order valence-corrected chi connectivity index (χ1v) is 16.7. The van der Waals surface area contributed by atoms with Crippen molar-refractivity contribution < 1.29 is 42.1 Å². The minimum absolute atomic E-state index is 0.0586. The Morgan fingerprint density at radius 2 is 1.33 bits per heavy atom. The summed E-state index contributed by atoms with van der Waals surface area (Å²) in [5.41, 5.74) is 0. The Morgan fingerprint density at radius 3 is 1.85 bits per heavy atom. The lowest BCUT2D eigenvalue weighted by Crippen LogP contribution is -2.37. The number of unbranched alkanes of at least 4 members (excludes halogenated alkanes) is 14. The van der Waals surface area contributed by atoms with Crippen LogP contribution in [0.25, 0.3) is 0 Å². The van der Waals surface area contributed by atoms with Crippen LogP contribution in [0.15, 0.2) is 0 Å². The number of quaternary nitrogens is 1. The molecular formula is C29H59NO8P+. The van der Waals surface area contributed by atoms with Gasteiger partial charge in [-0.1, -0.05) is 90.4 Å². The third kappa shape index (κ3) is 28.5. The number of carbonyl (C=O) groups excluding carboxylic acids is 2. The lowest BCUT2D eigenvalue weighted by Gasteiger charge is -2.24. The van der Waals surface area contributed by atoms with Crippen LogP contribution in [0.5, 0.6) is 0 Å². The van der Waals surface area contributed by atoms with Crippen LogP contribution >= 0.6 is 7.82 Å². The second-order valence-corrected chi connectivity index (χ2v) is 12.9. The van der Waals surface area contributed by atoms with E-state index in [1.165, 1.54) is 77.0 Å². The van der Waals surface area contributed by atoms with Gasteiger partial charge in [-0.3, -0.25) is 13.8 Å². The fourth-order valence-electron chi connectivity index (χ4n) is 3.95. The van der Waals surface area contributed by atoms with Gasteiger partial charge >= 0.3 is 13.8 Å². The summed E-state index contributed by atoms with van der Waals surface area (Å²) in [6.45, 7) is 3.13. The van der Waals surface area contributed by atoms with Crippen LogP contribution in [0.3, 0.4) is 0 Å². The summed E-state index contributed by atoms with van der Waals surface area (Å²) < 4.78 is 34.0. The molecule has 0 rings (SSSR count). The van der Waals surface area contributed by atoms with Crippen molar-refractivity contribution in [3.63, 3.8) is 0 Å². The number of rotatable bonds is 29. The van der Waals surface area contributed by atoms with E-state index in [0.717, 1.165) is 19.1 Å². The van der Waals surface area contributed by atoms with E-state index in [9.17, 15) is 19.0 Å². The van der Waals surface area contributed by atoms with Crippen molar-refractivity contribution >= 4 is 20.1 Å². The van der Waals surface area contributed by atoms with Crippen molar-refractivity contribution in [1.29, 1.82) is 0 Å². The molecule has 0 radical (unpaired) electrons. The van der Waals surface area contributed by atoms with Crippen LogP contribution in [0.4, 0.5) is 0 Å². The molecule has 2 unspecified atom stereocenters. The van der Waals surface area contributed by atoms with Crippen LogP contribution in [-0.2, 0) is 32.7 Å². The summed E-state index contributed by atoms with van der Waals surface area (Å²) in [6, 6.07) is 0. The minimum atomic E-state index is -4.28. The van der Waals surface area contributed by atoms with E-state index in [0.29, 0.717) is 24.1 Å². The van der Waals surface area contributed by atoms with Gasteiger partial charge in [0.05, 0.1) is 34.4 Å². The van der Waals surface area contributed by atoms with Crippen molar-refractivity contribution in [2.24, 2.45) is 0 Å². The Kier molecular flexibility index (Phi) is 24.4. The average molecular weight is 581 g/mol. The Hall–Kier alpha value is -0.830. The summed E-state index contributed by atoms with van der Waals surface area (Å²) in [4.78, 5) is 32.5. The Labute approximate surface area is 238 Å². The zero-order valence-corrected chi connectivity index (χ0v) is 26.3. The van der Waals surface area contributed by atoms with Crippen LogP contribution in [0.2, 0.25) is 0 Å². The lowest BCUT2D eigenvalue weighted by atomic mass is 10.0. The predicted octanol–water partition coefficient (Wildman–Crippen LogP) is 6.61. The summed E-state index contributed by atoms with van der Waals surface area (Å²) in [6.07, 6.45) is 18.6. The van der Waals surface area contributed by atoms with Gasteiger partial charge in [-0.15, -0.1) is 0 Å². The standard InChI is InChI=1S/C29H58NO8P/c1-5-6-7-8-9-10-11-12-13-14-15-16-17-20-24-35-26-28(38-29(32)21-18-19-23-31)27-37-39(33,34)36-25-22-30(2,3)4/h23,28H,5-22,24-27H2,1-4H3/p+1. The van der Waals surface area contributed by atoms with Gasteiger partial charge in [-0.25, -0.2) is 4.57 Å². The number of phosphoric acid groups is 1. The highest BCUT2D eigenvalue weighted by Gasteiger charge is 2.26. The predicted molar refractivity (Wildman–Crippen MR) is 156 cm³/mol. The highest BCUT2D eigenvalue weighted by molar-refractivity contribution is 7.47. The molecule has 0 aromatic heterocycles. The third-order valence-electron chi connectivity index (χ3n) is 6.39. The lowest BCUT2D eigenvalue weighted by molar-refractivity contribution is -0.870. The van der Waals surface area contributed by atoms with E-state index in [1.807, 2.05) is 21.1 Å². The van der Waals surface area contributed by atoms with Crippen molar-refractivity contribution in [3.8, 4) is 0 Å². The molecule has 0 spiro atoms. The van der Waals surface area contributed by atoms with Gasteiger partial charge in [0.1, 0.15) is 25.5 Å². The highest BCUT2D eigenvalue weighted by atomic mass is 31.2. The van der Waals surface area contributed by atoms with Crippen molar-refractivity contribution in [2.75, 3.05) is 54.1 Å². The molecule has 0 heterocycles. The first-order chi connectivity index (χ1) is 18.6. The maximum absolute atomic E-state index is 12.2. The molecule has 0 aromatic carbocycles. The number of esters is 1.